The lowest BCUT2D eigenvalue weighted by molar-refractivity contribution is 0.0954. The predicted molar refractivity (Wildman–Crippen MR) is 101 cm³/mol. The highest BCUT2D eigenvalue weighted by Crippen LogP contribution is 2.11. The van der Waals surface area contributed by atoms with Crippen LogP contribution in [0.25, 0.3) is 0 Å². The smallest absolute Gasteiger partial charge is 0.271 e. The minimum absolute atomic E-state index is 0.186. The van der Waals surface area contributed by atoms with Gasteiger partial charge in [-0.2, -0.15) is 5.10 Å². The zero-order valence-corrected chi connectivity index (χ0v) is 14.6. The van der Waals surface area contributed by atoms with Crippen LogP contribution in [-0.4, -0.2) is 17.5 Å². The van der Waals surface area contributed by atoms with Crippen LogP contribution in [-0.2, 0) is 0 Å². The van der Waals surface area contributed by atoms with Crippen molar-refractivity contribution < 1.29 is 9.59 Å². The summed E-state index contributed by atoms with van der Waals surface area (Å²) in [6.45, 7) is 4.02. The van der Waals surface area contributed by atoms with Crippen molar-refractivity contribution in [2.45, 2.75) is 33.1 Å². The van der Waals surface area contributed by atoms with E-state index in [0.717, 1.165) is 25.0 Å². The number of amides is 2. The molecule has 2 aromatic rings. The lowest BCUT2D eigenvalue weighted by atomic mass is 10.1. The zero-order chi connectivity index (χ0) is 18.1. The van der Waals surface area contributed by atoms with Crippen molar-refractivity contribution in [1.82, 2.24) is 5.43 Å². The van der Waals surface area contributed by atoms with Crippen LogP contribution in [0.4, 0.5) is 5.69 Å². The molecule has 130 valence electrons. The van der Waals surface area contributed by atoms with E-state index in [2.05, 4.69) is 22.8 Å². The van der Waals surface area contributed by atoms with Crippen LogP contribution in [0.3, 0.4) is 0 Å². The minimum atomic E-state index is -0.267. The Bertz CT molecular complexity index is 737. The third-order valence-electron chi connectivity index (χ3n) is 3.68. The summed E-state index contributed by atoms with van der Waals surface area (Å²) in [7, 11) is 0. The largest absolute Gasteiger partial charge is 0.322 e. The second-order valence-electron chi connectivity index (χ2n) is 5.79. The Hall–Kier alpha value is -2.95. The Balaban J connectivity index is 1.93. The quantitative estimate of drug-likeness (QED) is 0.586. The van der Waals surface area contributed by atoms with Gasteiger partial charge in [0.15, 0.2) is 0 Å². The molecule has 0 fully saturated rings. The number of hydrogen-bond donors (Lipinski definition) is 2. The number of benzene rings is 2. The van der Waals surface area contributed by atoms with Gasteiger partial charge in [0.1, 0.15) is 0 Å². The molecule has 0 aliphatic rings. The van der Waals surface area contributed by atoms with E-state index < -0.39 is 0 Å². The highest BCUT2D eigenvalue weighted by Gasteiger charge is 2.07. The predicted octanol–water partition coefficient (Wildman–Crippen LogP) is 4.23. The number of nitrogens with one attached hydrogen (secondary N) is 2. The number of nitrogens with zero attached hydrogens (tertiary/aromatic N) is 1. The first-order chi connectivity index (χ1) is 12.1. The number of hydrazone groups is 1. The minimum Gasteiger partial charge on any atom is -0.322 e. The van der Waals surface area contributed by atoms with E-state index >= 15 is 0 Å². The molecule has 2 rings (SSSR count). The summed E-state index contributed by atoms with van der Waals surface area (Å²) in [6.07, 6.45) is 3.03. The maximum atomic E-state index is 12.1. The van der Waals surface area contributed by atoms with Gasteiger partial charge in [-0.3, -0.25) is 9.59 Å². The Morgan fingerprint density at radius 1 is 0.920 bits per heavy atom. The molecule has 0 aliphatic carbocycles. The molecule has 25 heavy (non-hydrogen) atoms. The molecule has 5 heteroatoms. The van der Waals surface area contributed by atoms with Crippen molar-refractivity contribution in [3.05, 3.63) is 65.7 Å². The summed E-state index contributed by atoms with van der Waals surface area (Å²) < 4.78 is 0. The molecule has 0 saturated carbocycles. The van der Waals surface area contributed by atoms with E-state index in [0.29, 0.717) is 16.8 Å². The zero-order valence-electron chi connectivity index (χ0n) is 14.6. The summed E-state index contributed by atoms with van der Waals surface area (Å²) >= 11 is 0. The highest BCUT2D eigenvalue weighted by molar-refractivity contribution is 6.04. The Labute approximate surface area is 148 Å². The van der Waals surface area contributed by atoms with E-state index in [-0.39, 0.29) is 11.8 Å². The van der Waals surface area contributed by atoms with Crippen LogP contribution in [0, 0.1) is 0 Å². The van der Waals surface area contributed by atoms with Gasteiger partial charge in [0.05, 0.1) is 0 Å². The van der Waals surface area contributed by atoms with E-state index in [9.17, 15) is 9.59 Å². The molecule has 2 N–H and O–H groups in total. The van der Waals surface area contributed by atoms with Crippen LogP contribution in [0.2, 0.25) is 0 Å². The van der Waals surface area contributed by atoms with Gasteiger partial charge < -0.3 is 5.32 Å². The number of unbranched alkanes of at least 4 members (excludes halogenated alkanes) is 1. The van der Waals surface area contributed by atoms with Gasteiger partial charge >= 0.3 is 0 Å². The van der Waals surface area contributed by atoms with Crippen LogP contribution in [0.1, 0.15) is 53.8 Å². The maximum Gasteiger partial charge on any atom is 0.271 e. The normalized spacial score (nSPS) is 11.0. The first kappa shape index (κ1) is 18.4. The molecule has 0 unspecified atom stereocenters. The summed E-state index contributed by atoms with van der Waals surface area (Å²) in [5.41, 5.74) is 5.17. The average molecular weight is 337 g/mol. The van der Waals surface area contributed by atoms with Crippen molar-refractivity contribution in [3.8, 4) is 0 Å². The molecule has 0 atom stereocenters. The summed E-state index contributed by atoms with van der Waals surface area (Å²) in [6, 6.07) is 15.7. The second kappa shape index (κ2) is 9.37. The Morgan fingerprint density at radius 2 is 1.56 bits per heavy atom. The maximum absolute atomic E-state index is 12.1. The van der Waals surface area contributed by atoms with Gasteiger partial charge in [0.25, 0.3) is 11.8 Å². The standard InChI is InChI=1S/C20H23N3O2/c1-3-4-8-15(2)22-23-20(25)17-11-13-18(14-12-17)21-19(24)16-9-6-5-7-10-16/h5-7,9-14H,3-4,8H2,1-2H3,(H,21,24)(H,23,25)/b22-15+. The molecular formula is C20H23N3O2. The molecule has 5 nitrogen and oxygen atoms in total. The monoisotopic (exact) mass is 337 g/mol. The molecule has 2 aromatic carbocycles. The fourth-order valence-electron chi connectivity index (χ4n) is 2.20. The fraction of sp³-hybridized carbons (Fsp3) is 0.250. The third-order valence-corrected chi connectivity index (χ3v) is 3.68. The SMILES string of the molecule is CCCC/C(C)=N/NC(=O)c1ccc(NC(=O)c2ccccc2)cc1. The molecule has 0 aromatic heterocycles. The lowest BCUT2D eigenvalue weighted by Crippen LogP contribution is -2.19. The third kappa shape index (κ3) is 5.88. The van der Waals surface area contributed by atoms with Crippen molar-refractivity contribution in [2.75, 3.05) is 5.32 Å². The topological polar surface area (TPSA) is 70.6 Å². The molecular weight excluding hydrogens is 314 g/mol. The van der Waals surface area contributed by atoms with Crippen molar-refractivity contribution in [3.63, 3.8) is 0 Å². The average Bonchev–Trinajstić information content (AvgIpc) is 2.65. The molecule has 0 bridgehead atoms. The second-order valence-corrected chi connectivity index (χ2v) is 5.79. The van der Waals surface area contributed by atoms with E-state index in [1.165, 1.54) is 0 Å². The summed E-state index contributed by atoms with van der Waals surface area (Å²) in [5, 5.41) is 6.90. The highest BCUT2D eigenvalue weighted by atomic mass is 16.2. The fourth-order valence-corrected chi connectivity index (χ4v) is 2.20. The molecule has 0 saturated heterocycles. The van der Waals surface area contributed by atoms with E-state index in [1.54, 1.807) is 36.4 Å². The van der Waals surface area contributed by atoms with Gasteiger partial charge in [-0.25, -0.2) is 5.43 Å². The van der Waals surface area contributed by atoms with Gasteiger partial charge in [0.2, 0.25) is 0 Å². The number of carbonyl (C=O) groups is 2. The van der Waals surface area contributed by atoms with Crippen LogP contribution in [0.15, 0.2) is 59.7 Å². The Kier molecular flexibility index (Phi) is 6.89. The number of carbonyl (C=O) groups excluding carboxylic acids is 2. The van der Waals surface area contributed by atoms with E-state index in [1.807, 2.05) is 25.1 Å². The van der Waals surface area contributed by atoms with Crippen molar-refractivity contribution >= 4 is 23.2 Å². The molecule has 0 heterocycles. The number of rotatable bonds is 7. The van der Waals surface area contributed by atoms with Crippen LogP contribution in [0.5, 0.6) is 0 Å². The van der Waals surface area contributed by atoms with Gasteiger partial charge in [0, 0.05) is 22.5 Å². The van der Waals surface area contributed by atoms with Gasteiger partial charge in [-0.1, -0.05) is 31.5 Å². The molecule has 0 aliphatic heterocycles. The summed E-state index contributed by atoms with van der Waals surface area (Å²) in [4.78, 5) is 24.2. The van der Waals surface area contributed by atoms with Crippen LogP contribution >= 0.6 is 0 Å². The molecule has 2 amide bonds. The summed E-state index contributed by atoms with van der Waals surface area (Å²) in [5.74, 6) is -0.453. The van der Waals surface area contributed by atoms with Crippen LogP contribution < -0.4 is 10.7 Å². The van der Waals surface area contributed by atoms with E-state index in [4.69, 9.17) is 0 Å². The lowest BCUT2D eigenvalue weighted by Gasteiger charge is -2.06. The van der Waals surface area contributed by atoms with Gasteiger partial charge in [-0.15, -0.1) is 0 Å². The first-order valence-corrected chi connectivity index (χ1v) is 8.40. The molecule has 0 radical (unpaired) electrons. The number of anilines is 1. The molecule has 0 spiro atoms. The van der Waals surface area contributed by atoms with Crippen molar-refractivity contribution in [2.24, 2.45) is 5.10 Å². The number of hydrogen-bond acceptors (Lipinski definition) is 3. The van der Waals surface area contributed by atoms with Crippen molar-refractivity contribution in [1.29, 1.82) is 0 Å². The first-order valence-electron chi connectivity index (χ1n) is 8.40. The Morgan fingerprint density at radius 3 is 2.20 bits per heavy atom. The van der Waals surface area contributed by atoms with Gasteiger partial charge in [-0.05, 0) is 56.2 Å².